The van der Waals surface area contributed by atoms with Gasteiger partial charge in [0.05, 0.1) is 6.04 Å². The van der Waals surface area contributed by atoms with Gasteiger partial charge in [0.15, 0.2) is 5.11 Å². The molecule has 2 aliphatic heterocycles. The van der Waals surface area contributed by atoms with Gasteiger partial charge < -0.3 is 25.3 Å². The number of nitrogens with one attached hydrogen (secondary N) is 2. The normalized spacial score (nSPS) is 18.9. The van der Waals surface area contributed by atoms with Gasteiger partial charge in [-0.05, 0) is 55.6 Å². The third kappa shape index (κ3) is 6.49. The number of aromatic nitrogens is 2. The first-order chi connectivity index (χ1) is 18.0. The number of thiocarbonyl (C=S) groups is 1. The van der Waals surface area contributed by atoms with Gasteiger partial charge in [0.1, 0.15) is 11.6 Å². The summed E-state index contributed by atoms with van der Waals surface area (Å²) in [5.41, 5.74) is 2.46. The second kappa shape index (κ2) is 11.8. The Balaban J connectivity index is 1.32. The summed E-state index contributed by atoms with van der Waals surface area (Å²) in [6.07, 6.45) is 2.46. The Morgan fingerprint density at radius 3 is 2.16 bits per heavy atom. The van der Waals surface area contributed by atoms with Crippen molar-refractivity contribution >= 4 is 40.6 Å². The van der Waals surface area contributed by atoms with Gasteiger partial charge in [-0.3, -0.25) is 0 Å². The highest BCUT2D eigenvalue weighted by Gasteiger charge is 2.23. The quantitative estimate of drug-likeness (QED) is 0.441. The standard InChI is InChI=1S/C29H37N7S/c1-22-10-9-15-36(21-22)27-20-26(35-18-16-34(17-19-35)25-13-7-4-8-14-25)31-28(32-27)33-29(37)30-23(2)24-11-5-3-6-12-24/h3-8,11-14,20,22-23H,9-10,15-19,21H2,1-2H3,(H2,30,31,32,33,37)/t22-,23-/m1/s1. The van der Waals surface area contributed by atoms with Crippen molar-refractivity contribution in [2.24, 2.45) is 5.92 Å². The first kappa shape index (κ1) is 25.3. The molecule has 0 saturated carbocycles. The van der Waals surface area contributed by atoms with Crippen molar-refractivity contribution in [3.05, 3.63) is 72.3 Å². The lowest BCUT2D eigenvalue weighted by molar-refractivity contribution is 0.444. The molecule has 2 fully saturated rings. The number of nitrogens with zero attached hydrogens (tertiary/aromatic N) is 5. The molecule has 0 unspecified atom stereocenters. The van der Waals surface area contributed by atoms with E-state index < -0.39 is 0 Å². The number of rotatable bonds is 6. The summed E-state index contributed by atoms with van der Waals surface area (Å²) in [5.74, 6) is 3.14. The van der Waals surface area contributed by atoms with E-state index in [2.05, 4.69) is 87.7 Å². The lowest BCUT2D eigenvalue weighted by Gasteiger charge is -2.37. The lowest BCUT2D eigenvalue weighted by Crippen LogP contribution is -2.47. The van der Waals surface area contributed by atoms with Crippen LogP contribution in [0.25, 0.3) is 0 Å². The van der Waals surface area contributed by atoms with Crippen LogP contribution < -0.4 is 25.3 Å². The van der Waals surface area contributed by atoms with E-state index in [1.807, 2.05) is 18.2 Å². The van der Waals surface area contributed by atoms with E-state index in [4.69, 9.17) is 22.2 Å². The molecule has 2 aliphatic rings. The van der Waals surface area contributed by atoms with Crippen LogP contribution in [0.5, 0.6) is 0 Å². The minimum Gasteiger partial charge on any atom is -0.368 e. The molecular formula is C29H37N7S. The van der Waals surface area contributed by atoms with Gasteiger partial charge in [-0.15, -0.1) is 0 Å². The molecule has 5 rings (SSSR count). The van der Waals surface area contributed by atoms with Gasteiger partial charge in [0.25, 0.3) is 0 Å². The van der Waals surface area contributed by atoms with Crippen LogP contribution in [0.4, 0.5) is 23.3 Å². The van der Waals surface area contributed by atoms with Gasteiger partial charge in [0.2, 0.25) is 5.95 Å². The summed E-state index contributed by atoms with van der Waals surface area (Å²) in [6.45, 7) is 10.2. The van der Waals surface area contributed by atoms with E-state index in [9.17, 15) is 0 Å². The third-order valence-electron chi connectivity index (χ3n) is 7.28. The Bertz CT molecular complexity index is 1170. The maximum Gasteiger partial charge on any atom is 0.232 e. The van der Waals surface area contributed by atoms with Gasteiger partial charge in [-0.25, -0.2) is 0 Å². The highest BCUT2D eigenvalue weighted by molar-refractivity contribution is 7.80. The van der Waals surface area contributed by atoms with Gasteiger partial charge in [-0.1, -0.05) is 55.5 Å². The van der Waals surface area contributed by atoms with Crippen LogP contribution in [0.1, 0.15) is 38.3 Å². The number of para-hydroxylation sites is 1. The van der Waals surface area contributed by atoms with Crippen molar-refractivity contribution in [1.82, 2.24) is 15.3 Å². The molecule has 0 spiro atoms. The van der Waals surface area contributed by atoms with Crippen molar-refractivity contribution in [1.29, 1.82) is 0 Å². The predicted molar refractivity (Wildman–Crippen MR) is 158 cm³/mol. The summed E-state index contributed by atoms with van der Waals surface area (Å²) in [5, 5.41) is 7.19. The second-order valence-corrected chi connectivity index (χ2v) is 10.6. The summed E-state index contributed by atoms with van der Waals surface area (Å²) >= 11 is 5.66. The van der Waals surface area contributed by atoms with Crippen LogP contribution in [-0.4, -0.2) is 54.3 Å². The maximum absolute atomic E-state index is 5.66. The zero-order valence-electron chi connectivity index (χ0n) is 21.8. The van der Waals surface area contributed by atoms with E-state index in [1.54, 1.807) is 0 Å². The van der Waals surface area contributed by atoms with Crippen molar-refractivity contribution in [3.8, 4) is 0 Å². The van der Waals surface area contributed by atoms with Gasteiger partial charge in [-0.2, -0.15) is 9.97 Å². The zero-order valence-corrected chi connectivity index (χ0v) is 22.6. The Hall–Kier alpha value is -3.39. The Kier molecular flexibility index (Phi) is 8.04. The summed E-state index contributed by atoms with van der Waals surface area (Å²) in [6, 6.07) is 23.2. The molecule has 2 saturated heterocycles. The average Bonchev–Trinajstić information content (AvgIpc) is 2.94. The fourth-order valence-electron chi connectivity index (χ4n) is 5.19. The Morgan fingerprint density at radius 2 is 1.49 bits per heavy atom. The fraction of sp³-hybridized carbons (Fsp3) is 0.414. The molecule has 0 amide bonds. The van der Waals surface area contributed by atoms with Crippen molar-refractivity contribution < 1.29 is 0 Å². The molecule has 2 aromatic carbocycles. The highest BCUT2D eigenvalue weighted by atomic mass is 32.1. The van der Waals surface area contributed by atoms with Crippen LogP contribution in [0.15, 0.2) is 66.7 Å². The maximum atomic E-state index is 5.66. The van der Waals surface area contributed by atoms with Crippen molar-refractivity contribution in [2.45, 2.75) is 32.7 Å². The van der Waals surface area contributed by atoms with Crippen LogP contribution in [-0.2, 0) is 0 Å². The van der Waals surface area contributed by atoms with Crippen LogP contribution >= 0.6 is 12.2 Å². The summed E-state index contributed by atoms with van der Waals surface area (Å²) in [7, 11) is 0. The molecule has 2 N–H and O–H groups in total. The smallest absolute Gasteiger partial charge is 0.232 e. The van der Waals surface area contributed by atoms with Crippen LogP contribution in [0.3, 0.4) is 0 Å². The molecule has 3 heterocycles. The van der Waals surface area contributed by atoms with Crippen molar-refractivity contribution in [2.75, 3.05) is 59.3 Å². The lowest BCUT2D eigenvalue weighted by atomic mass is 10.0. The molecule has 194 valence electrons. The first-order valence-electron chi connectivity index (χ1n) is 13.4. The number of hydrogen-bond donors (Lipinski definition) is 2. The van der Waals surface area contributed by atoms with E-state index >= 15 is 0 Å². The fourth-order valence-corrected chi connectivity index (χ4v) is 5.46. The molecule has 0 bridgehead atoms. The topological polar surface area (TPSA) is 59.6 Å². The second-order valence-electron chi connectivity index (χ2n) is 10.1. The number of anilines is 4. The summed E-state index contributed by atoms with van der Waals surface area (Å²) in [4.78, 5) is 17.0. The average molecular weight is 516 g/mol. The highest BCUT2D eigenvalue weighted by Crippen LogP contribution is 2.27. The molecule has 1 aromatic heterocycles. The molecule has 8 heteroatoms. The van der Waals surface area contributed by atoms with E-state index in [-0.39, 0.29) is 6.04 Å². The molecule has 37 heavy (non-hydrogen) atoms. The largest absolute Gasteiger partial charge is 0.368 e. The third-order valence-corrected chi connectivity index (χ3v) is 7.50. The van der Waals surface area contributed by atoms with Gasteiger partial charge in [0, 0.05) is 51.0 Å². The summed E-state index contributed by atoms with van der Waals surface area (Å²) < 4.78 is 0. The Labute approximate surface area is 225 Å². The minimum atomic E-state index is 0.0814. The number of piperazine rings is 1. The number of hydrogen-bond acceptors (Lipinski definition) is 6. The van der Waals surface area contributed by atoms with E-state index in [0.29, 0.717) is 17.0 Å². The molecule has 2 atom stereocenters. The van der Waals surface area contributed by atoms with E-state index in [1.165, 1.54) is 24.1 Å². The predicted octanol–water partition coefficient (Wildman–Crippen LogP) is 5.09. The molecular weight excluding hydrogens is 478 g/mol. The van der Waals surface area contributed by atoms with E-state index in [0.717, 1.165) is 50.9 Å². The molecule has 0 aliphatic carbocycles. The number of benzene rings is 2. The molecule has 7 nitrogen and oxygen atoms in total. The Morgan fingerprint density at radius 1 is 0.865 bits per heavy atom. The molecule has 3 aromatic rings. The minimum absolute atomic E-state index is 0.0814. The first-order valence-corrected chi connectivity index (χ1v) is 13.8. The van der Waals surface area contributed by atoms with Gasteiger partial charge >= 0.3 is 0 Å². The monoisotopic (exact) mass is 515 g/mol. The van der Waals surface area contributed by atoms with Crippen LogP contribution in [0.2, 0.25) is 0 Å². The number of piperidine rings is 1. The zero-order chi connectivity index (χ0) is 25.6. The molecule has 0 radical (unpaired) electrons. The van der Waals surface area contributed by atoms with Crippen molar-refractivity contribution in [3.63, 3.8) is 0 Å². The SMILES string of the molecule is C[C@@H]1CCCN(c2cc(N3CCN(c4ccccc4)CC3)nc(NC(=S)N[C@H](C)c3ccccc3)n2)C1. The van der Waals surface area contributed by atoms with Crippen LogP contribution in [0, 0.1) is 5.92 Å².